The van der Waals surface area contributed by atoms with Crippen molar-refractivity contribution in [3.8, 4) is 0 Å². The Kier molecular flexibility index (Phi) is 3.98. The van der Waals surface area contributed by atoms with E-state index in [0.717, 1.165) is 23.0 Å². The average molecular weight is 317 g/mol. The van der Waals surface area contributed by atoms with Gasteiger partial charge in [0.05, 0.1) is 18.5 Å². The van der Waals surface area contributed by atoms with Crippen LogP contribution < -0.4 is 0 Å². The summed E-state index contributed by atoms with van der Waals surface area (Å²) in [5, 5.41) is 15.4. The van der Waals surface area contributed by atoms with Crippen LogP contribution in [0.3, 0.4) is 0 Å². The molecule has 0 unspecified atom stereocenters. The third-order valence-electron chi connectivity index (χ3n) is 2.58. The first-order valence-electron chi connectivity index (χ1n) is 5.61. The fourth-order valence-corrected chi connectivity index (χ4v) is 2.85. The normalized spacial score (nSPS) is 11.5. The molecule has 0 saturated heterocycles. The number of hydrogen-bond donors (Lipinski definition) is 1. The van der Waals surface area contributed by atoms with Crippen molar-refractivity contribution in [2.24, 2.45) is 0 Å². The van der Waals surface area contributed by atoms with Gasteiger partial charge in [0.2, 0.25) is 0 Å². The first-order chi connectivity index (χ1) is 9.79. The van der Waals surface area contributed by atoms with Crippen LogP contribution in [0.1, 0.15) is 10.5 Å². The Labute approximate surface area is 117 Å². The van der Waals surface area contributed by atoms with Gasteiger partial charge in [0.1, 0.15) is 16.5 Å². The number of hydrogen-bond acceptors (Lipinski definition) is 5. The van der Waals surface area contributed by atoms with Crippen molar-refractivity contribution in [3.63, 3.8) is 0 Å². The zero-order valence-electron chi connectivity index (χ0n) is 10.4. The van der Waals surface area contributed by atoms with Crippen molar-refractivity contribution in [1.82, 2.24) is 15.0 Å². The highest BCUT2D eigenvalue weighted by molar-refractivity contribution is 7.91. The molecular weight excluding hydrogens is 308 g/mol. The minimum Gasteiger partial charge on any atom is -0.476 e. The zero-order chi connectivity index (χ0) is 15.6. The van der Waals surface area contributed by atoms with Crippen LogP contribution >= 0.6 is 0 Å². The lowest BCUT2D eigenvalue weighted by Gasteiger charge is -2.05. The van der Waals surface area contributed by atoms with Crippen molar-refractivity contribution >= 4 is 15.8 Å². The van der Waals surface area contributed by atoms with E-state index in [0.29, 0.717) is 6.07 Å². The fraction of sp³-hybridized carbons (Fsp3) is 0.182. The van der Waals surface area contributed by atoms with Crippen molar-refractivity contribution in [2.75, 3.05) is 5.75 Å². The zero-order valence-corrected chi connectivity index (χ0v) is 11.2. The molecule has 1 heterocycles. The number of aryl methyl sites for hydroxylation is 1. The molecule has 21 heavy (non-hydrogen) atoms. The van der Waals surface area contributed by atoms with E-state index in [-0.39, 0.29) is 12.2 Å². The van der Waals surface area contributed by atoms with Gasteiger partial charge in [0.15, 0.2) is 15.5 Å². The maximum atomic E-state index is 13.4. The Morgan fingerprint density at radius 3 is 2.67 bits per heavy atom. The van der Waals surface area contributed by atoms with E-state index < -0.39 is 38.1 Å². The Balaban J connectivity index is 2.17. The topological polar surface area (TPSA) is 102 Å². The molecule has 1 N–H and O–H groups in total. The summed E-state index contributed by atoms with van der Waals surface area (Å²) in [7, 11) is -4.07. The van der Waals surface area contributed by atoms with Crippen LogP contribution in [0.5, 0.6) is 0 Å². The van der Waals surface area contributed by atoms with Crippen molar-refractivity contribution in [1.29, 1.82) is 0 Å². The van der Waals surface area contributed by atoms with Crippen LogP contribution in [0.2, 0.25) is 0 Å². The maximum Gasteiger partial charge on any atom is 0.358 e. The van der Waals surface area contributed by atoms with Gasteiger partial charge in [-0.15, -0.1) is 5.10 Å². The lowest BCUT2D eigenvalue weighted by atomic mass is 10.3. The van der Waals surface area contributed by atoms with Gasteiger partial charge in [-0.25, -0.2) is 22.0 Å². The van der Waals surface area contributed by atoms with E-state index in [1.54, 1.807) is 0 Å². The van der Waals surface area contributed by atoms with Gasteiger partial charge in [-0.3, -0.25) is 4.68 Å². The predicted molar refractivity (Wildman–Crippen MR) is 65.4 cm³/mol. The van der Waals surface area contributed by atoms with Crippen molar-refractivity contribution in [2.45, 2.75) is 11.4 Å². The Morgan fingerprint density at radius 1 is 1.33 bits per heavy atom. The number of halogens is 2. The van der Waals surface area contributed by atoms with Gasteiger partial charge < -0.3 is 5.11 Å². The summed E-state index contributed by atoms with van der Waals surface area (Å²) >= 11 is 0. The van der Waals surface area contributed by atoms with E-state index >= 15 is 0 Å². The number of carboxylic acid groups (broad SMARTS) is 1. The quantitative estimate of drug-likeness (QED) is 0.872. The molecule has 112 valence electrons. The molecule has 0 amide bonds. The lowest BCUT2D eigenvalue weighted by Crippen LogP contribution is -2.15. The molecule has 0 aliphatic carbocycles. The smallest absolute Gasteiger partial charge is 0.358 e. The molecule has 1 aromatic heterocycles. The molecule has 0 aliphatic rings. The fourth-order valence-electron chi connectivity index (χ4n) is 1.54. The van der Waals surface area contributed by atoms with Crippen LogP contribution in [0.4, 0.5) is 8.78 Å². The van der Waals surface area contributed by atoms with Gasteiger partial charge >= 0.3 is 5.97 Å². The SMILES string of the molecule is O=C(O)c1cn(CCS(=O)(=O)c2cc(F)ccc2F)nn1. The third kappa shape index (κ3) is 3.40. The molecule has 0 aliphatic heterocycles. The summed E-state index contributed by atoms with van der Waals surface area (Å²) in [6.45, 7) is -0.238. The van der Waals surface area contributed by atoms with E-state index in [2.05, 4.69) is 10.3 Å². The highest BCUT2D eigenvalue weighted by atomic mass is 32.2. The number of aromatic carboxylic acids is 1. The molecule has 7 nitrogen and oxygen atoms in total. The van der Waals surface area contributed by atoms with Crippen LogP contribution in [0.15, 0.2) is 29.3 Å². The van der Waals surface area contributed by atoms with Crippen LogP contribution in [0, 0.1) is 11.6 Å². The number of nitrogens with zero attached hydrogens (tertiary/aromatic N) is 3. The summed E-state index contributed by atoms with van der Waals surface area (Å²) in [5.41, 5.74) is -0.343. The van der Waals surface area contributed by atoms with E-state index in [9.17, 15) is 22.0 Å². The highest BCUT2D eigenvalue weighted by Crippen LogP contribution is 2.17. The molecular formula is C11H9F2N3O4S. The molecule has 0 saturated carbocycles. The van der Waals surface area contributed by atoms with Gasteiger partial charge in [-0.05, 0) is 18.2 Å². The second-order valence-electron chi connectivity index (χ2n) is 4.07. The largest absolute Gasteiger partial charge is 0.476 e. The molecule has 0 fully saturated rings. The lowest BCUT2D eigenvalue weighted by molar-refractivity contribution is 0.0690. The molecule has 1 aromatic carbocycles. The molecule has 0 bridgehead atoms. The number of benzene rings is 1. The third-order valence-corrected chi connectivity index (χ3v) is 4.28. The highest BCUT2D eigenvalue weighted by Gasteiger charge is 2.20. The van der Waals surface area contributed by atoms with Gasteiger partial charge in [0.25, 0.3) is 0 Å². The predicted octanol–water partition coefficient (Wildman–Crippen LogP) is 0.728. The van der Waals surface area contributed by atoms with Gasteiger partial charge in [0, 0.05) is 0 Å². The second kappa shape index (κ2) is 5.56. The summed E-state index contributed by atoms with van der Waals surface area (Å²) < 4.78 is 51.3. The van der Waals surface area contributed by atoms with Crippen LogP contribution in [-0.4, -0.2) is 40.2 Å². The summed E-state index contributed by atoms with van der Waals surface area (Å²) in [6, 6.07) is 2.12. The van der Waals surface area contributed by atoms with Crippen molar-refractivity contribution < 1.29 is 27.1 Å². The standard InChI is InChI=1S/C11H9F2N3O4S/c12-7-1-2-8(13)10(5-7)21(19,20)4-3-16-6-9(11(17)18)14-15-16/h1-2,5-6H,3-4H2,(H,17,18). The first-order valence-corrected chi connectivity index (χ1v) is 7.26. The van der Waals surface area contributed by atoms with Crippen molar-refractivity contribution in [3.05, 3.63) is 41.7 Å². The van der Waals surface area contributed by atoms with Crippen LogP contribution in [0.25, 0.3) is 0 Å². The molecule has 2 aromatic rings. The number of carbonyl (C=O) groups is 1. The number of sulfone groups is 1. The number of carboxylic acids is 1. The minimum absolute atomic E-state index is 0.238. The summed E-state index contributed by atoms with van der Waals surface area (Å²) in [4.78, 5) is 9.84. The van der Waals surface area contributed by atoms with Gasteiger partial charge in [-0.1, -0.05) is 5.21 Å². The molecule has 0 spiro atoms. The Hall–Kier alpha value is -2.36. The average Bonchev–Trinajstić information content (AvgIpc) is 2.88. The number of aromatic nitrogens is 3. The Morgan fingerprint density at radius 2 is 2.05 bits per heavy atom. The summed E-state index contributed by atoms with van der Waals surface area (Å²) in [6.07, 6.45) is 1.04. The Bertz CT molecular complexity index is 789. The number of rotatable bonds is 5. The van der Waals surface area contributed by atoms with E-state index in [4.69, 9.17) is 5.11 Å². The van der Waals surface area contributed by atoms with E-state index in [1.165, 1.54) is 0 Å². The van der Waals surface area contributed by atoms with Gasteiger partial charge in [-0.2, -0.15) is 0 Å². The molecule has 0 radical (unpaired) electrons. The van der Waals surface area contributed by atoms with E-state index in [1.807, 2.05) is 0 Å². The second-order valence-corrected chi connectivity index (χ2v) is 6.14. The molecule has 2 rings (SSSR count). The maximum absolute atomic E-state index is 13.4. The minimum atomic E-state index is -4.07. The summed E-state index contributed by atoms with van der Waals surface area (Å²) in [5.74, 6) is -3.80. The van der Waals surface area contributed by atoms with Crippen LogP contribution in [-0.2, 0) is 16.4 Å². The molecule has 0 atom stereocenters. The monoisotopic (exact) mass is 317 g/mol. The first kappa shape index (κ1) is 15.0. The molecule has 10 heteroatoms.